The molecule has 19 heavy (non-hydrogen) atoms. The minimum absolute atomic E-state index is 0.575. The van der Waals surface area contributed by atoms with Crippen LogP contribution < -0.4 is 10.6 Å². The number of aromatic nitrogens is 1. The highest BCUT2D eigenvalue weighted by molar-refractivity contribution is 7.80. The van der Waals surface area contributed by atoms with Crippen LogP contribution in [0.2, 0.25) is 0 Å². The first kappa shape index (κ1) is 11.8. The molecule has 2 heterocycles. The Bertz CT molecular complexity index is 688. The van der Waals surface area contributed by atoms with E-state index in [1.807, 2.05) is 42.6 Å². The normalized spacial score (nSPS) is 10.5. The van der Waals surface area contributed by atoms with E-state index >= 15 is 0 Å². The number of hydrogen-bond donors (Lipinski definition) is 3. The van der Waals surface area contributed by atoms with E-state index in [1.54, 1.807) is 6.26 Å². The zero-order chi connectivity index (χ0) is 13.1. The highest BCUT2D eigenvalue weighted by Crippen LogP contribution is 2.17. The van der Waals surface area contributed by atoms with Gasteiger partial charge in [-0.2, -0.15) is 0 Å². The lowest BCUT2D eigenvalue weighted by Gasteiger charge is -2.09. The minimum atomic E-state index is 0.575. The first-order valence-corrected chi connectivity index (χ1v) is 6.36. The summed E-state index contributed by atoms with van der Waals surface area (Å²) >= 11 is 5.24. The van der Waals surface area contributed by atoms with Crippen molar-refractivity contribution >= 4 is 33.9 Å². The van der Waals surface area contributed by atoms with Crippen LogP contribution in [-0.4, -0.2) is 10.1 Å². The van der Waals surface area contributed by atoms with E-state index in [-0.39, 0.29) is 0 Å². The second-order valence-corrected chi connectivity index (χ2v) is 4.57. The molecule has 0 aliphatic heterocycles. The van der Waals surface area contributed by atoms with Gasteiger partial charge in [0.05, 0.1) is 12.8 Å². The fraction of sp³-hybridized carbons (Fsp3) is 0.0714. The molecule has 0 saturated carbocycles. The van der Waals surface area contributed by atoms with Gasteiger partial charge in [0.15, 0.2) is 5.11 Å². The monoisotopic (exact) mass is 271 g/mol. The Kier molecular flexibility index (Phi) is 3.20. The molecule has 0 aliphatic carbocycles. The summed E-state index contributed by atoms with van der Waals surface area (Å²) in [5.41, 5.74) is 2.07. The summed E-state index contributed by atoms with van der Waals surface area (Å²) < 4.78 is 5.23. The van der Waals surface area contributed by atoms with Crippen LogP contribution in [0.4, 0.5) is 5.69 Å². The van der Waals surface area contributed by atoms with E-state index in [2.05, 4.69) is 15.6 Å². The molecule has 3 aromatic rings. The summed E-state index contributed by atoms with van der Waals surface area (Å²) in [5, 5.41) is 7.97. The van der Waals surface area contributed by atoms with Crippen LogP contribution in [0.15, 0.2) is 53.3 Å². The van der Waals surface area contributed by atoms with Gasteiger partial charge in [-0.05, 0) is 48.6 Å². The van der Waals surface area contributed by atoms with Gasteiger partial charge in [-0.1, -0.05) is 0 Å². The topological polar surface area (TPSA) is 53.0 Å². The highest BCUT2D eigenvalue weighted by atomic mass is 32.1. The number of furan rings is 1. The molecular weight excluding hydrogens is 258 g/mol. The minimum Gasteiger partial charge on any atom is -0.467 e. The fourth-order valence-electron chi connectivity index (χ4n) is 1.89. The SMILES string of the molecule is S=C(NCc1ccco1)Nc1ccc2[nH]ccc2c1. The molecule has 3 rings (SSSR count). The zero-order valence-corrected chi connectivity index (χ0v) is 11.0. The van der Waals surface area contributed by atoms with E-state index in [0.29, 0.717) is 11.7 Å². The molecule has 0 aliphatic rings. The Morgan fingerprint density at radius 1 is 1.26 bits per heavy atom. The van der Waals surface area contributed by atoms with Crippen LogP contribution in [0.3, 0.4) is 0 Å². The number of benzene rings is 1. The van der Waals surface area contributed by atoms with Crippen molar-refractivity contribution in [2.75, 3.05) is 5.32 Å². The van der Waals surface area contributed by atoms with Crippen molar-refractivity contribution in [2.45, 2.75) is 6.54 Å². The van der Waals surface area contributed by atoms with Crippen molar-refractivity contribution in [1.82, 2.24) is 10.3 Å². The van der Waals surface area contributed by atoms with Gasteiger partial charge in [-0.15, -0.1) is 0 Å². The van der Waals surface area contributed by atoms with Gasteiger partial charge in [0.2, 0.25) is 0 Å². The second kappa shape index (κ2) is 5.16. The molecule has 1 aromatic carbocycles. The van der Waals surface area contributed by atoms with Gasteiger partial charge in [0.25, 0.3) is 0 Å². The molecule has 96 valence electrons. The Hall–Kier alpha value is -2.27. The maximum atomic E-state index is 5.24. The molecule has 0 saturated heterocycles. The average molecular weight is 271 g/mol. The number of anilines is 1. The largest absolute Gasteiger partial charge is 0.467 e. The maximum absolute atomic E-state index is 5.24. The standard InChI is InChI=1S/C14H13N3OS/c19-14(16-9-12-2-1-7-18-12)17-11-3-4-13-10(8-11)5-6-15-13/h1-8,15H,9H2,(H2,16,17,19). The number of nitrogens with one attached hydrogen (secondary N) is 3. The summed E-state index contributed by atoms with van der Waals surface area (Å²) in [5.74, 6) is 0.852. The summed E-state index contributed by atoms with van der Waals surface area (Å²) in [6.45, 7) is 0.575. The van der Waals surface area contributed by atoms with E-state index in [1.165, 1.54) is 0 Å². The van der Waals surface area contributed by atoms with Crippen LogP contribution in [0, 0.1) is 0 Å². The third kappa shape index (κ3) is 2.77. The van der Waals surface area contributed by atoms with Crippen molar-refractivity contribution in [2.24, 2.45) is 0 Å². The smallest absolute Gasteiger partial charge is 0.171 e. The molecular formula is C14H13N3OS. The van der Waals surface area contributed by atoms with Crippen molar-refractivity contribution < 1.29 is 4.42 Å². The van der Waals surface area contributed by atoms with Gasteiger partial charge >= 0.3 is 0 Å². The lowest BCUT2D eigenvalue weighted by atomic mass is 10.2. The van der Waals surface area contributed by atoms with Crippen molar-refractivity contribution in [3.63, 3.8) is 0 Å². The van der Waals surface area contributed by atoms with Gasteiger partial charge in [-0.25, -0.2) is 0 Å². The van der Waals surface area contributed by atoms with Crippen molar-refractivity contribution in [3.8, 4) is 0 Å². The second-order valence-electron chi connectivity index (χ2n) is 4.17. The lowest BCUT2D eigenvalue weighted by Crippen LogP contribution is -2.27. The first-order chi connectivity index (χ1) is 9.31. The molecule has 4 nitrogen and oxygen atoms in total. The molecule has 0 spiro atoms. The van der Waals surface area contributed by atoms with Crippen molar-refractivity contribution in [3.05, 3.63) is 54.6 Å². The predicted octanol–water partition coefficient (Wildman–Crippen LogP) is 3.25. The van der Waals surface area contributed by atoms with E-state index in [9.17, 15) is 0 Å². The number of rotatable bonds is 3. The molecule has 0 fully saturated rings. The molecule has 5 heteroatoms. The quantitative estimate of drug-likeness (QED) is 0.640. The fourth-order valence-corrected chi connectivity index (χ4v) is 2.08. The molecule has 0 unspecified atom stereocenters. The maximum Gasteiger partial charge on any atom is 0.171 e. The first-order valence-electron chi connectivity index (χ1n) is 5.96. The summed E-state index contributed by atoms with van der Waals surface area (Å²) in [6.07, 6.45) is 3.56. The van der Waals surface area contributed by atoms with Crippen molar-refractivity contribution in [1.29, 1.82) is 0 Å². The number of H-pyrrole nitrogens is 1. The Morgan fingerprint density at radius 2 is 2.21 bits per heavy atom. The van der Waals surface area contributed by atoms with Crippen LogP contribution in [0.1, 0.15) is 5.76 Å². The molecule has 0 amide bonds. The number of fused-ring (bicyclic) bond motifs is 1. The molecule has 0 radical (unpaired) electrons. The molecule has 0 atom stereocenters. The predicted molar refractivity (Wildman–Crippen MR) is 80.1 cm³/mol. The van der Waals surface area contributed by atoms with Gasteiger partial charge in [-0.3, -0.25) is 0 Å². The number of hydrogen-bond acceptors (Lipinski definition) is 2. The lowest BCUT2D eigenvalue weighted by molar-refractivity contribution is 0.503. The Balaban J connectivity index is 1.62. The van der Waals surface area contributed by atoms with Crippen LogP contribution >= 0.6 is 12.2 Å². The summed E-state index contributed by atoms with van der Waals surface area (Å²) in [7, 11) is 0. The molecule has 2 aromatic heterocycles. The van der Waals surface area contributed by atoms with Crippen LogP contribution in [0.25, 0.3) is 10.9 Å². The van der Waals surface area contributed by atoms with Gasteiger partial charge < -0.3 is 20.0 Å². The number of aromatic amines is 1. The zero-order valence-electron chi connectivity index (χ0n) is 10.1. The third-order valence-corrected chi connectivity index (χ3v) is 3.06. The van der Waals surface area contributed by atoms with Crippen LogP contribution in [0.5, 0.6) is 0 Å². The summed E-state index contributed by atoms with van der Waals surface area (Å²) in [6, 6.07) is 11.8. The Labute approximate surface area is 115 Å². The number of thiocarbonyl (C=S) groups is 1. The molecule has 0 bridgehead atoms. The average Bonchev–Trinajstić information content (AvgIpc) is 3.07. The van der Waals surface area contributed by atoms with Crippen LogP contribution in [-0.2, 0) is 6.54 Å². The molecule has 3 N–H and O–H groups in total. The van der Waals surface area contributed by atoms with E-state index < -0.39 is 0 Å². The van der Waals surface area contributed by atoms with E-state index in [4.69, 9.17) is 16.6 Å². The van der Waals surface area contributed by atoms with Gasteiger partial charge in [0, 0.05) is 22.8 Å². The van der Waals surface area contributed by atoms with Gasteiger partial charge in [0.1, 0.15) is 5.76 Å². The summed E-state index contributed by atoms with van der Waals surface area (Å²) in [4.78, 5) is 3.16. The highest BCUT2D eigenvalue weighted by Gasteiger charge is 2.01. The third-order valence-electron chi connectivity index (χ3n) is 2.81. The van der Waals surface area contributed by atoms with E-state index in [0.717, 1.165) is 22.4 Å². The Morgan fingerprint density at radius 3 is 3.05 bits per heavy atom.